The van der Waals surface area contributed by atoms with Gasteiger partial charge in [0.2, 0.25) is 5.91 Å². The Kier molecular flexibility index (Phi) is 9.45. The van der Waals surface area contributed by atoms with Crippen molar-refractivity contribution in [2.45, 2.75) is 50.2 Å². The van der Waals surface area contributed by atoms with Crippen LogP contribution < -0.4 is 10.6 Å². The number of aryl methyl sites for hydroxylation is 1. The standard InChI is InChI=1S/C34H34N2O4S2/c1-4-40-34(39)29-27-17-16-22(3)19-28(27)42-33(29)36-32(38)30(23-11-6-5-7-12-23)41-26-15-9-14-25(20-26)35-31(37)24-13-8-10-21(2)18-24/h5-15,18,20,22,30H,4,16-17,19H2,1-3H3,(H,35,37)(H,36,38). The number of fused-ring (bicyclic) bond motifs is 1. The van der Waals surface area contributed by atoms with E-state index in [9.17, 15) is 14.4 Å². The predicted molar refractivity (Wildman–Crippen MR) is 171 cm³/mol. The van der Waals surface area contributed by atoms with Crippen molar-refractivity contribution < 1.29 is 19.1 Å². The zero-order chi connectivity index (χ0) is 29.6. The van der Waals surface area contributed by atoms with Crippen LogP contribution >= 0.6 is 23.1 Å². The first kappa shape index (κ1) is 29.6. The van der Waals surface area contributed by atoms with Gasteiger partial charge in [0.25, 0.3) is 5.91 Å². The van der Waals surface area contributed by atoms with Crippen molar-refractivity contribution in [3.8, 4) is 0 Å². The van der Waals surface area contributed by atoms with E-state index in [1.54, 1.807) is 13.0 Å². The first-order valence-electron chi connectivity index (χ1n) is 14.1. The second kappa shape index (κ2) is 13.4. The van der Waals surface area contributed by atoms with E-state index in [1.807, 2.05) is 79.7 Å². The molecule has 0 fully saturated rings. The Balaban J connectivity index is 1.41. The molecular weight excluding hydrogens is 565 g/mol. The van der Waals surface area contributed by atoms with E-state index in [4.69, 9.17) is 4.74 Å². The van der Waals surface area contributed by atoms with Gasteiger partial charge in [0.05, 0.1) is 12.2 Å². The van der Waals surface area contributed by atoms with Gasteiger partial charge in [-0.05, 0) is 80.5 Å². The lowest BCUT2D eigenvalue weighted by atomic mass is 9.88. The predicted octanol–water partition coefficient (Wildman–Crippen LogP) is 8.08. The molecule has 6 nitrogen and oxygen atoms in total. The summed E-state index contributed by atoms with van der Waals surface area (Å²) in [6.45, 7) is 6.22. The average molecular weight is 599 g/mol. The number of amides is 2. The molecule has 2 unspecified atom stereocenters. The minimum atomic E-state index is -0.595. The van der Waals surface area contributed by atoms with E-state index >= 15 is 0 Å². The van der Waals surface area contributed by atoms with Crippen LogP contribution in [0.4, 0.5) is 10.7 Å². The first-order valence-corrected chi connectivity index (χ1v) is 15.8. The maximum absolute atomic E-state index is 14.0. The Bertz CT molecular complexity index is 1600. The van der Waals surface area contributed by atoms with Crippen LogP contribution in [0.25, 0.3) is 0 Å². The lowest BCUT2D eigenvalue weighted by Crippen LogP contribution is -2.20. The number of ether oxygens (including phenoxy) is 1. The molecule has 1 aliphatic rings. The highest BCUT2D eigenvalue weighted by molar-refractivity contribution is 8.00. The molecule has 2 atom stereocenters. The molecule has 0 saturated heterocycles. The van der Waals surface area contributed by atoms with Crippen molar-refractivity contribution in [1.82, 2.24) is 0 Å². The summed E-state index contributed by atoms with van der Waals surface area (Å²) in [5, 5.41) is 6.03. The second-order valence-corrected chi connectivity index (χ2v) is 12.8. The summed E-state index contributed by atoms with van der Waals surface area (Å²) in [4.78, 5) is 41.8. The number of carbonyl (C=O) groups is 3. The van der Waals surface area contributed by atoms with E-state index in [2.05, 4.69) is 17.6 Å². The first-order chi connectivity index (χ1) is 20.3. The lowest BCUT2D eigenvalue weighted by molar-refractivity contribution is -0.115. The number of anilines is 2. The summed E-state index contributed by atoms with van der Waals surface area (Å²) in [7, 11) is 0. The van der Waals surface area contributed by atoms with Crippen LogP contribution in [0, 0.1) is 12.8 Å². The average Bonchev–Trinajstić information content (AvgIpc) is 3.33. The third-order valence-electron chi connectivity index (χ3n) is 7.19. The Hall–Kier alpha value is -3.88. The summed E-state index contributed by atoms with van der Waals surface area (Å²) < 4.78 is 5.40. The zero-order valence-corrected chi connectivity index (χ0v) is 25.6. The number of esters is 1. The Morgan fingerprint density at radius 1 is 1.00 bits per heavy atom. The van der Waals surface area contributed by atoms with Gasteiger partial charge in [-0.2, -0.15) is 0 Å². The molecule has 1 heterocycles. The van der Waals surface area contributed by atoms with Crippen molar-refractivity contribution in [1.29, 1.82) is 0 Å². The van der Waals surface area contributed by atoms with Crippen LogP contribution in [0.5, 0.6) is 0 Å². The number of hydrogen-bond donors (Lipinski definition) is 2. The van der Waals surface area contributed by atoms with Gasteiger partial charge in [-0.25, -0.2) is 4.79 Å². The van der Waals surface area contributed by atoms with E-state index in [1.165, 1.54) is 23.1 Å². The molecule has 0 bridgehead atoms. The van der Waals surface area contributed by atoms with Crippen molar-refractivity contribution in [3.05, 3.63) is 112 Å². The fourth-order valence-electron chi connectivity index (χ4n) is 5.11. The number of rotatable bonds is 9. The minimum absolute atomic E-state index is 0.194. The Morgan fingerprint density at radius 3 is 2.55 bits per heavy atom. The quantitative estimate of drug-likeness (QED) is 0.150. The Morgan fingerprint density at radius 2 is 1.79 bits per heavy atom. The molecule has 8 heteroatoms. The number of carbonyl (C=O) groups excluding carboxylic acids is 3. The third-order valence-corrected chi connectivity index (χ3v) is 9.61. The smallest absolute Gasteiger partial charge is 0.341 e. The molecule has 0 spiro atoms. The zero-order valence-electron chi connectivity index (χ0n) is 23.9. The molecule has 0 radical (unpaired) electrons. The fourth-order valence-corrected chi connectivity index (χ4v) is 7.59. The van der Waals surface area contributed by atoms with Gasteiger partial charge < -0.3 is 15.4 Å². The number of nitrogens with one attached hydrogen (secondary N) is 2. The molecule has 5 rings (SSSR count). The summed E-state index contributed by atoms with van der Waals surface area (Å²) in [5.74, 6) is -0.278. The van der Waals surface area contributed by atoms with Crippen LogP contribution in [0.3, 0.4) is 0 Å². The van der Waals surface area contributed by atoms with Gasteiger partial charge in [-0.3, -0.25) is 9.59 Å². The largest absolute Gasteiger partial charge is 0.462 e. The highest BCUT2D eigenvalue weighted by Crippen LogP contribution is 2.42. The molecule has 1 aliphatic carbocycles. The van der Waals surface area contributed by atoms with Crippen molar-refractivity contribution in [3.63, 3.8) is 0 Å². The van der Waals surface area contributed by atoms with E-state index < -0.39 is 5.25 Å². The van der Waals surface area contributed by atoms with Gasteiger partial charge in [0.1, 0.15) is 10.3 Å². The molecule has 216 valence electrons. The molecule has 0 aliphatic heterocycles. The number of hydrogen-bond acceptors (Lipinski definition) is 6. The molecule has 2 N–H and O–H groups in total. The van der Waals surface area contributed by atoms with Crippen molar-refractivity contribution >= 4 is 51.6 Å². The maximum atomic E-state index is 14.0. The molecule has 42 heavy (non-hydrogen) atoms. The van der Waals surface area contributed by atoms with E-state index in [-0.39, 0.29) is 24.4 Å². The summed E-state index contributed by atoms with van der Waals surface area (Å²) in [5.41, 5.74) is 4.57. The van der Waals surface area contributed by atoms with Crippen molar-refractivity contribution in [2.75, 3.05) is 17.2 Å². The van der Waals surface area contributed by atoms with Gasteiger partial charge in [0.15, 0.2) is 0 Å². The van der Waals surface area contributed by atoms with Crippen molar-refractivity contribution in [2.24, 2.45) is 5.92 Å². The SMILES string of the molecule is CCOC(=O)c1c(NC(=O)C(Sc2cccc(NC(=O)c3cccc(C)c3)c2)c2ccccc2)sc2c1CCC(C)C2. The van der Waals surface area contributed by atoms with Gasteiger partial charge in [0, 0.05) is 21.0 Å². The van der Waals surface area contributed by atoms with E-state index in [0.29, 0.717) is 27.7 Å². The van der Waals surface area contributed by atoms with Gasteiger partial charge >= 0.3 is 5.97 Å². The normalized spacial score (nSPS) is 14.9. The van der Waals surface area contributed by atoms with Crippen LogP contribution in [0.2, 0.25) is 0 Å². The van der Waals surface area contributed by atoms with Gasteiger partial charge in [-0.15, -0.1) is 23.1 Å². The van der Waals surface area contributed by atoms with Crippen LogP contribution in [0.1, 0.15) is 67.8 Å². The molecular formula is C34H34N2O4S2. The minimum Gasteiger partial charge on any atom is -0.462 e. The molecule has 3 aromatic carbocycles. The lowest BCUT2D eigenvalue weighted by Gasteiger charge is -2.19. The Labute approximate surface area is 254 Å². The molecule has 1 aromatic heterocycles. The summed E-state index contributed by atoms with van der Waals surface area (Å²) in [6.07, 6.45) is 2.69. The van der Waals surface area contributed by atoms with Crippen LogP contribution in [-0.2, 0) is 22.4 Å². The number of thiophene rings is 1. The maximum Gasteiger partial charge on any atom is 0.341 e. The highest BCUT2D eigenvalue weighted by atomic mass is 32.2. The summed E-state index contributed by atoms with van der Waals surface area (Å²) >= 11 is 2.88. The fraction of sp³-hybridized carbons (Fsp3) is 0.265. The number of benzene rings is 3. The molecule has 4 aromatic rings. The number of thioether (sulfide) groups is 1. The second-order valence-electron chi connectivity index (χ2n) is 10.5. The summed E-state index contributed by atoms with van der Waals surface area (Å²) in [6, 6.07) is 24.5. The van der Waals surface area contributed by atoms with Gasteiger partial charge in [-0.1, -0.05) is 61.0 Å². The topological polar surface area (TPSA) is 84.5 Å². The third kappa shape index (κ3) is 6.94. The highest BCUT2D eigenvalue weighted by Gasteiger charge is 2.31. The molecule has 2 amide bonds. The monoisotopic (exact) mass is 598 g/mol. The van der Waals surface area contributed by atoms with Crippen LogP contribution in [-0.4, -0.2) is 24.4 Å². The van der Waals surface area contributed by atoms with E-state index in [0.717, 1.165) is 45.7 Å². The van der Waals surface area contributed by atoms with Crippen LogP contribution in [0.15, 0.2) is 83.8 Å². The molecule has 0 saturated carbocycles.